The Labute approximate surface area is 159 Å². The number of para-hydroxylation sites is 1. The van der Waals surface area contributed by atoms with Crippen LogP contribution in [0.2, 0.25) is 0 Å². The molecule has 5 rings (SSSR count). The maximum absolute atomic E-state index is 15.8. The Morgan fingerprint density at radius 3 is 2.57 bits per heavy atom. The lowest BCUT2D eigenvalue weighted by molar-refractivity contribution is 0.609. The Morgan fingerprint density at radius 2 is 1.71 bits per heavy atom. The molecule has 28 heavy (non-hydrogen) atoms. The average Bonchev–Trinajstić information content (AvgIpc) is 3.11. The molecule has 136 valence electrons. The smallest absolute Gasteiger partial charge is 0.174 e. The second-order valence-corrected chi connectivity index (χ2v) is 6.69. The number of rotatable bonds is 2. The van der Waals surface area contributed by atoms with E-state index in [0.29, 0.717) is 16.6 Å². The van der Waals surface area contributed by atoms with Gasteiger partial charge in [0, 0.05) is 34.4 Å². The van der Waals surface area contributed by atoms with Gasteiger partial charge in [-0.3, -0.25) is 4.98 Å². The molecule has 3 heterocycles. The molecule has 0 N–H and O–H groups in total. The number of pyridine rings is 2. The van der Waals surface area contributed by atoms with Crippen LogP contribution in [-0.2, 0) is 0 Å². The number of nitrogens with zero attached hydrogens (tertiary/aromatic N) is 3. The molecule has 0 unspecified atom stereocenters. The van der Waals surface area contributed by atoms with Crippen molar-refractivity contribution in [3.05, 3.63) is 90.4 Å². The van der Waals surface area contributed by atoms with E-state index in [9.17, 15) is 4.39 Å². The van der Waals surface area contributed by atoms with Gasteiger partial charge in [0.05, 0.1) is 16.7 Å². The van der Waals surface area contributed by atoms with Crippen molar-refractivity contribution in [2.45, 2.75) is 6.92 Å². The van der Waals surface area contributed by atoms with Gasteiger partial charge in [-0.15, -0.1) is 0 Å². The third-order valence-corrected chi connectivity index (χ3v) is 4.89. The fourth-order valence-corrected chi connectivity index (χ4v) is 3.56. The van der Waals surface area contributed by atoms with Gasteiger partial charge in [-0.05, 0) is 37.3 Å². The third-order valence-electron chi connectivity index (χ3n) is 4.89. The van der Waals surface area contributed by atoms with Gasteiger partial charge in [-0.25, -0.2) is 13.8 Å². The van der Waals surface area contributed by atoms with Gasteiger partial charge >= 0.3 is 0 Å². The zero-order valence-electron chi connectivity index (χ0n) is 15.0. The van der Waals surface area contributed by atoms with Crippen LogP contribution in [-0.4, -0.2) is 14.5 Å². The van der Waals surface area contributed by atoms with Crippen LogP contribution in [0.25, 0.3) is 38.8 Å². The molecule has 5 aromatic rings. The Balaban J connectivity index is 1.91. The molecule has 0 spiro atoms. The van der Waals surface area contributed by atoms with Gasteiger partial charge in [0.25, 0.3) is 0 Å². The van der Waals surface area contributed by atoms with E-state index in [1.807, 2.05) is 43.5 Å². The summed E-state index contributed by atoms with van der Waals surface area (Å²) in [5.41, 5.74) is 2.76. The molecule has 0 aliphatic rings. The fourth-order valence-electron chi connectivity index (χ4n) is 3.56. The number of hydrogen-bond acceptors (Lipinski definition) is 2. The summed E-state index contributed by atoms with van der Waals surface area (Å²) in [7, 11) is 0. The van der Waals surface area contributed by atoms with Crippen LogP contribution in [0.5, 0.6) is 0 Å². The molecule has 0 saturated heterocycles. The number of halogens is 2. The first kappa shape index (κ1) is 16.6. The maximum atomic E-state index is 15.8. The van der Waals surface area contributed by atoms with Crippen LogP contribution in [0.3, 0.4) is 0 Å². The Morgan fingerprint density at radius 1 is 0.929 bits per heavy atom. The van der Waals surface area contributed by atoms with E-state index in [4.69, 9.17) is 0 Å². The first-order valence-corrected chi connectivity index (χ1v) is 8.91. The number of benzene rings is 2. The molecule has 0 fully saturated rings. The number of fused-ring (bicyclic) bond motifs is 2. The lowest BCUT2D eigenvalue weighted by Gasteiger charge is -2.14. The lowest BCUT2D eigenvalue weighted by atomic mass is 10.1. The fraction of sp³-hybridized carbons (Fsp3) is 0.0435. The summed E-state index contributed by atoms with van der Waals surface area (Å²) in [6.07, 6.45) is 3.57. The van der Waals surface area contributed by atoms with Gasteiger partial charge < -0.3 is 4.57 Å². The highest BCUT2D eigenvalue weighted by Gasteiger charge is 2.20. The highest BCUT2D eigenvalue weighted by Crippen LogP contribution is 2.34. The number of aromatic nitrogens is 3. The standard InChI is InChI=1S/C23H15F2N3/c1-14-12-20-15(13-26-14)10-11-28(20)23-17-7-3-5-9-19(17)27-22(21(23)25)16-6-2-4-8-18(16)24/h2-13H,1H3. The predicted molar refractivity (Wildman–Crippen MR) is 106 cm³/mol. The van der Waals surface area contributed by atoms with E-state index in [-0.39, 0.29) is 11.3 Å². The minimum atomic E-state index is -0.559. The van der Waals surface area contributed by atoms with E-state index < -0.39 is 11.6 Å². The van der Waals surface area contributed by atoms with E-state index in [1.165, 1.54) is 6.07 Å². The molecule has 0 amide bonds. The molecule has 0 atom stereocenters. The summed E-state index contributed by atoms with van der Waals surface area (Å²) < 4.78 is 32.0. The summed E-state index contributed by atoms with van der Waals surface area (Å²) >= 11 is 0. The van der Waals surface area contributed by atoms with Crippen molar-refractivity contribution in [1.29, 1.82) is 0 Å². The Bertz CT molecular complexity index is 1360. The molecule has 3 nitrogen and oxygen atoms in total. The van der Waals surface area contributed by atoms with Crippen LogP contribution in [0.4, 0.5) is 8.78 Å². The average molecular weight is 371 g/mol. The zero-order valence-corrected chi connectivity index (χ0v) is 15.0. The van der Waals surface area contributed by atoms with Crippen LogP contribution < -0.4 is 0 Å². The topological polar surface area (TPSA) is 30.7 Å². The highest BCUT2D eigenvalue weighted by molar-refractivity contribution is 5.93. The molecule has 5 heteroatoms. The van der Waals surface area contributed by atoms with Gasteiger partial charge in [0.15, 0.2) is 5.82 Å². The highest BCUT2D eigenvalue weighted by atomic mass is 19.1. The quantitative estimate of drug-likeness (QED) is 0.391. The monoisotopic (exact) mass is 371 g/mol. The second-order valence-electron chi connectivity index (χ2n) is 6.69. The van der Waals surface area contributed by atoms with Crippen LogP contribution in [0, 0.1) is 18.6 Å². The molecule has 0 radical (unpaired) electrons. The van der Waals surface area contributed by atoms with Gasteiger partial charge in [-0.1, -0.05) is 30.3 Å². The summed E-state index contributed by atoms with van der Waals surface area (Å²) in [6, 6.07) is 17.2. The van der Waals surface area contributed by atoms with E-state index in [2.05, 4.69) is 9.97 Å². The summed E-state index contributed by atoms with van der Waals surface area (Å²) in [4.78, 5) is 8.74. The number of hydrogen-bond donors (Lipinski definition) is 0. The van der Waals surface area contributed by atoms with Gasteiger partial charge in [-0.2, -0.15) is 0 Å². The molecule has 3 aromatic heterocycles. The van der Waals surface area contributed by atoms with Crippen molar-refractivity contribution >= 4 is 21.8 Å². The van der Waals surface area contributed by atoms with E-state index in [1.54, 1.807) is 35.0 Å². The first-order valence-electron chi connectivity index (χ1n) is 8.91. The normalized spacial score (nSPS) is 11.4. The predicted octanol–water partition coefficient (Wildman–Crippen LogP) is 5.83. The molecular formula is C23H15F2N3. The molecule has 0 bridgehead atoms. The SMILES string of the molecule is Cc1cc2c(ccn2-c2c(F)c(-c3ccccc3F)nc3ccccc23)cn1. The van der Waals surface area contributed by atoms with Crippen molar-refractivity contribution in [1.82, 2.24) is 14.5 Å². The summed E-state index contributed by atoms with van der Waals surface area (Å²) in [6.45, 7) is 1.89. The van der Waals surface area contributed by atoms with E-state index in [0.717, 1.165) is 16.6 Å². The largest absolute Gasteiger partial charge is 0.313 e. The second kappa shape index (κ2) is 6.23. The van der Waals surface area contributed by atoms with Crippen molar-refractivity contribution in [2.75, 3.05) is 0 Å². The first-order chi connectivity index (χ1) is 13.6. The van der Waals surface area contributed by atoms with Crippen LogP contribution in [0.15, 0.2) is 73.1 Å². The lowest BCUT2D eigenvalue weighted by Crippen LogP contribution is -2.03. The van der Waals surface area contributed by atoms with Gasteiger partial charge in [0.2, 0.25) is 0 Å². The Hall–Kier alpha value is -3.60. The summed E-state index contributed by atoms with van der Waals surface area (Å²) in [5, 5.41) is 1.56. The van der Waals surface area contributed by atoms with Crippen molar-refractivity contribution in [2.24, 2.45) is 0 Å². The van der Waals surface area contributed by atoms with Crippen molar-refractivity contribution in [3.8, 4) is 16.9 Å². The molecular weight excluding hydrogens is 356 g/mol. The van der Waals surface area contributed by atoms with Crippen LogP contribution in [0.1, 0.15) is 5.69 Å². The van der Waals surface area contributed by atoms with Crippen LogP contribution >= 0.6 is 0 Å². The van der Waals surface area contributed by atoms with E-state index >= 15 is 4.39 Å². The third kappa shape index (κ3) is 2.47. The van der Waals surface area contributed by atoms with Gasteiger partial charge in [0.1, 0.15) is 11.5 Å². The Kier molecular flexibility index (Phi) is 3.69. The maximum Gasteiger partial charge on any atom is 0.174 e. The minimum Gasteiger partial charge on any atom is -0.313 e. The molecule has 0 aliphatic heterocycles. The zero-order chi connectivity index (χ0) is 19.3. The minimum absolute atomic E-state index is 0.000530. The summed E-state index contributed by atoms with van der Waals surface area (Å²) in [5.74, 6) is -1.07. The molecule has 0 saturated carbocycles. The van der Waals surface area contributed by atoms with Crippen molar-refractivity contribution in [3.63, 3.8) is 0 Å². The van der Waals surface area contributed by atoms with Crippen molar-refractivity contribution < 1.29 is 8.78 Å². The molecule has 2 aromatic carbocycles. The number of aryl methyl sites for hydroxylation is 1. The molecule has 0 aliphatic carbocycles.